The molecule has 0 heterocycles. The van der Waals surface area contributed by atoms with Gasteiger partial charge in [0.1, 0.15) is 11.5 Å². The lowest BCUT2D eigenvalue weighted by molar-refractivity contribution is -0.385. The van der Waals surface area contributed by atoms with Crippen LogP contribution in [0.4, 0.5) is 17.1 Å². The summed E-state index contributed by atoms with van der Waals surface area (Å²) in [5.41, 5.74) is -1.47. The van der Waals surface area contributed by atoms with Crippen molar-refractivity contribution in [3.63, 3.8) is 0 Å². The molecule has 39 heavy (non-hydrogen) atoms. The molecule has 0 bridgehead atoms. The molecule has 0 aliphatic carbocycles. The number of nitro benzene ring substituents is 1. The number of amides is 1. The van der Waals surface area contributed by atoms with Crippen LogP contribution in [0.2, 0.25) is 15.1 Å². The molecule has 0 saturated carbocycles. The van der Waals surface area contributed by atoms with Crippen LogP contribution in [-0.2, 0) is 10.0 Å². The first-order chi connectivity index (χ1) is 18.4. The Hall–Kier alpha value is -4.03. The monoisotopic (exact) mass is 607 g/mol. The van der Waals surface area contributed by atoms with E-state index in [1.807, 2.05) is 0 Å². The van der Waals surface area contributed by atoms with E-state index in [9.17, 15) is 28.4 Å². The van der Waals surface area contributed by atoms with Crippen molar-refractivity contribution < 1.29 is 28.0 Å². The number of aromatic hydroxyl groups is 1. The summed E-state index contributed by atoms with van der Waals surface area (Å²) in [4.78, 5) is 23.2. The molecule has 4 rings (SSSR count). The average molecular weight is 609 g/mol. The lowest BCUT2D eigenvalue weighted by Gasteiger charge is -2.14. The Kier molecular flexibility index (Phi) is 8.17. The summed E-state index contributed by atoms with van der Waals surface area (Å²) < 4.78 is 34.2. The number of phenolic OH excluding ortho intramolecular Hbond substituents is 1. The predicted octanol–water partition coefficient (Wildman–Crippen LogP) is 7.11. The number of sulfonamides is 1. The molecule has 1 amide bonds. The van der Waals surface area contributed by atoms with Crippen molar-refractivity contribution in [3.8, 4) is 17.2 Å². The fraction of sp³-hybridized carbons (Fsp3) is 0. The van der Waals surface area contributed by atoms with Crippen LogP contribution in [-0.4, -0.2) is 24.4 Å². The molecule has 0 aliphatic heterocycles. The van der Waals surface area contributed by atoms with Gasteiger partial charge in [0.15, 0.2) is 0 Å². The van der Waals surface area contributed by atoms with Crippen LogP contribution in [0.15, 0.2) is 83.8 Å². The van der Waals surface area contributed by atoms with Gasteiger partial charge in [0.25, 0.3) is 15.9 Å². The Morgan fingerprint density at radius 1 is 0.897 bits per heavy atom. The molecular weight excluding hydrogens is 593 g/mol. The summed E-state index contributed by atoms with van der Waals surface area (Å²) in [7, 11) is -4.20. The molecule has 0 aliphatic rings. The minimum Gasteiger partial charge on any atom is -0.501 e. The van der Waals surface area contributed by atoms with Crippen LogP contribution in [0.3, 0.4) is 0 Å². The number of nitro groups is 1. The van der Waals surface area contributed by atoms with Crippen molar-refractivity contribution >= 4 is 67.8 Å². The maximum atomic E-state index is 13.1. The molecule has 14 heteroatoms. The van der Waals surface area contributed by atoms with E-state index in [0.29, 0.717) is 16.5 Å². The van der Waals surface area contributed by atoms with E-state index in [1.54, 1.807) is 24.3 Å². The third kappa shape index (κ3) is 6.52. The summed E-state index contributed by atoms with van der Waals surface area (Å²) in [5, 5.41) is 24.0. The van der Waals surface area contributed by atoms with Crippen molar-refractivity contribution in [2.45, 2.75) is 4.90 Å². The van der Waals surface area contributed by atoms with E-state index < -0.39 is 32.3 Å². The summed E-state index contributed by atoms with van der Waals surface area (Å²) in [6.45, 7) is 0. The molecule has 10 nitrogen and oxygen atoms in total. The second kappa shape index (κ2) is 11.4. The Balaban J connectivity index is 1.59. The summed E-state index contributed by atoms with van der Waals surface area (Å²) in [6.07, 6.45) is 0. The standard InChI is InChI=1S/C25H16Cl3N3O7S/c26-14-5-10-20(18(11-14)25(33)29-21-12-15(27)13-22(24(21)32)31(34)35)30-39(36,37)17-8-6-16(7-9-17)38-23-4-2-1-3-19(23)28/h1-13,30,32H,(H,29,33). The highest BCUT2D eigenvalue weighted by atomic mass is 35.5. The Morgan fingerprint density at radius 2 is 1.59 bits per heavy atom. The molecule has 0 unspecified atom stereocenters. The van der Waals surface area contributed by atoms with Crippen LogP contribution in [0.1, 0.15) is 10.4 Å². The molecule has 0 aromatic heterocycles. The maximum absolute atomic E-state index is 13.1. The van der Waals surface area contributed by atoms with Crippen molar-refractivity contribution in [1.82, 2.24) is 0 Å². The van der Waals surface area contributed by atoms with Gasteiger partial charge in [-0.1, -0.05) is 46.9 Å². The topological polar surface area (TPSA) is 148 Å². The lowest BCUT2D eigenvalue weighted by atomic mass is 10.1. The zero-order valence-electron chi connectivity index (χ0n) is 19.4. The first kappa shape index (κ1) is 28.0. The zero-order valence-corrected chi connectivity index (χ0v) is 22.5. The van der Waals surface area contributed by atoms with Gasteiger partial charge in [-0.05, 0) is 60.7 Å². The number of para-hydroxylation sites is 1. The minimum atomic E-state index is -4.20. The SMILES string of the molecule is O=C(Nc1cc(Cl)cc([N+](=O)[O-])c1O)c1cc(Cl)ccc1NS(=O)(=O)c1ccc(Oc2ccccc2Cl)cc1. The van der Waals surface area contributed by atoms with E-state index in [0.717, 1.165) is 12.1 Å². The van der Waals surface area contributed by atoms with Crippen molar-refractivity contribution in [3.05, 3.63) is 110 Å². The second-order valence-corrected chi connectivity index (χ2v) is 10.8. The fourth-order valence-corrected chi connectivity index (χ4v) is 4.99. The first-order valence-corrected chi connectivity index (χ1v) is 13.4. The number of hydrogen-bond donors (Lipinski definition) is 3. The highest BCUT2D eigenvalue weighted by Gasteiger charge is 2.23. The minimum absolute atomic E-state index is 0.102. The van der Waals surface area contributed by atoms with E-state index >= 15 is 0 Å². The third-order valence-electron chi connectivity index (χ3n) is 5.17. The number of hydrogen-bond acceptors (Lipinski definition) is 7. The molecular formula is C25H16Cl3N3O7S. The van der Waals surface area contributed by atoms with Crippen LogP contribution in [0.25, 0.3) is 0 Å². The first-order valence-electron chi connectivity index (χ1n) is 10.8. The number of phenols is 1. The Bertz CT molecular complexity index is 1700. The Morgan fingerprint density at radius 3 is 2.26 bits per heavy atom. The van der Waals surface area contributed by atoms with Gasteiger partial charge in [-0.3, -0.25) is 19.6 Å². The molecule has 0 saturated heterocycles. The van der Waals surface area contributed by atoms with Gasteiger partial charge in [-0.15, -0.1) is 0 Å². The number of nitrogens with zero attached hydrogens (tertiary/aromatic N) is 1. The van der Waals surface area contributed by atoms with Crippen molar-refractivity contribution in [2.75, 3.05) is 10.0 Å². The zero-order chi connectivity index (χ0) is 28.3. The molecule has 0 radical (unpaired) electrons. The molecule has 200 valence electrons. The number of anilines is 2. The number of rotatable bonds is 8. The summed E-state index contributed by atoms with van der Waals surface area (Å²) >= 11 is 18.0. The van der Waals surface area contributed by atoms with Crippen LogP contribution in [0, 0.1) is 10.1 Å². The van der Waals surface area contributed by atoms with Crippen LogP contribution < -0.4 is 14.8 Å². The van der Waals surface area contributed by atoms with Gasteiger partial charge in [-0.25, -0.2) is 8.42 Å². The van der Waals surface area contributed by atoms with Crippen molar-refractivity contribution in [2.24, 2.45) is 0 Å². The Labute approximate surface area is 236 Å². The predicted molar refractivity (Wildman–Crippen MR) is 148 cm³/mol. The third-order valence-corrected chi connectivity index (χ3v) is 7.32. The van der Waals surface area contributed by atoms with Gasteiger partial charge in [0, 0.05) is 16.1 Å². The van der Waals surface area contributed by atoms with Gasteiger partial charge in [0.2, 0.25) is 5.75 Å². The molecule has 3 N–H and O–H groups in total. The number of benzene rings is 4. The quantitative estimate of drug-likeness (QED) is 0.110. The van der Waals surface area contributed by atoms with Crippen LogP contribution in [0.5, 0.6) is 17.2 Å². The molecule has 0 spiro atoms. The number of halogens is 3. The molecule has 4 aromatic rings. The van der Waals surface area contributed by atoms with Gasteiger partial charge in [0.05, 0.1) is 31.8 Å². The van der Waals surface area contributed by atoms with E-state index in [1.165, 1.54) is 42.5 Å². The van der Waals surface area contributed by atoms with E-state index in [-0.39, 0.29) is 31.9 Å². The summed E-state index contributed by atoms with van der Waals surface area (Å²) in [5.74, 6) is -1.03. The normalized spacial score (nSPS) is 11.1. The van der Waals surface area contributed by atoms with Gasteiger partial charge < -0.3 is 15.2 Å². The number of ether oxygens (including phenoxy) is 1. The second-order valence-electron chi connectivity index (χ2n) is 7.83. The van der Waals surface area contributed by atoms with E-state index in [2.05, 4.69) is 10.0 Å². The molecule has 4 aromatic carbocycles. The highest BCUT2D eigenvalue weighted by molar-refractivity contribution is 7.92. The van der Waals surface area contributed by atoms with Gasteiger partial charge in [-0.2, -0.15) is 0 Å². The maximum Gasteiger partial charge on any atom is 0.314 e. The van der Waals surface area contributed by atoms with Gasteiger partial charge >= 0.3 is 5.69 Å². The largest absolute Gasteiger partial charge is 0.501 e. The number of carbonyl (C=O) groups excluding carboxylic acids is 1. The lowest BCUT2D eigenvalue weighted by Crippen LogP contribution is -2.19. The molecule has 0 fully saturated rings. The highest BCUT2D eigenvalue weighted by Crippen LogP contribution is 2.38. The number of carbonyl (C=O) groups is 1. The fourth-order valence-electron chi connectivity index (χ4n) is 3.35. The summed E-state index contributed by atoms with van der Waals surface area (Å²) in [6, 6.07) is 18.1. The average Bonchev–Trinajstić information content (AvgIpc) is 2.88. The number of nitrogens with one attached hydrogen (secondary N) is 2. The van der Waals surface area contributed by atoms with Crippen LogP contribution >= 0.6 is 34.8 Å². The van der Waals surface area contributed by atoms with Crippen molar-refractivity contribution in [1.29, 1.82) is 0 Å². The molecule has 0 atom stereocenters. The van der Waals surface area contributed by atoms with E-state index in [4.69, 9.17) is 39.5 Å². The smallest absolute Gasteiger partial charge is 0.314 e.